The van der Waals surface area contributed by atoms with E-state index in [0.717, 1.165) is 46.2 Å². The maximum Gasteiger partial charge on any atom is 0.260 e. The van der Waals surface area contributed by atoms with Crippen LogP contribution in [0, 0.1) is 0 Å². The molecule has 1 N–H and O–H groups in total. The van der Waals surface area contributed by atoms with Gasteiger partial charge < -0.3 is 9.55 Å². The van der Waals surface area contributed by atoms with E-state index in [1.165, 1.54) is 34.2 Å². The number of hydrogen-bond donors (Lipinski definition) is 1. The first-order chi connectivity index (χ1) is 16.7. The predicted octanol–water partition coefficient (Wildman–Crippen LogP) is 5.74. The number of aromatic nitrogens is 5. The number of fused-ring (bicyclic) bond motifs is 3. The van der Waals surface area contributed by atoms with Crippen molar-refractivity contribution in [2.75, 3.05) is 5.75 Å². The molecule has 0 saturated heterocycles. The maximum absolute atomic E-state index is 12.8. The highest BCUT2D eigenvalue weighted by atomic mass is 32.2. The number of benzene rings is 1. The van der Waals surface area contributed by atoms with Gasteiger partial charge in [-0.05, 0) is 36.8 Å². The molecule has 0 saturated carbocycles. The molecule has 0 amide bonds. The largest absolute Gasteiger partial charge is 0.301 e. The molecule has 0 spiro atoms. The van der Waals surface area contributed by atoms with Gasteiger partial charge in [0, 0.05) is 17.2 Å². The molecule has 5 rings (SSSR count). The minimum atomic E-state index is -0.0269. The number of nitrogens with zero attached hydrogens (tertiary/aromatic N) is 4. The van der Waals surface area contributed by atoms with Crippen LogP contribution < -0.4 is 5.56 Å². The zero-order chi connectivity index (χ0) is 23.3. The molecule has 0 unspecified atom stereocenters. The van der Waals surface area contributed by atoms with Crippen LogP contribution in [-0.4, -0.2) is 30.5 Å². The number of hydrogen-bond acceptors (Lipinski definition) is 7. The second kappa shape index (κ2) is 10.8. The third kappa shape index (κ3) is 5.06. The molecule has 1 aliphatic rings. The summed E-state index contributed by atoms with van der Waals surface area (Å²) in [6, 6.07) is 10.2. The van der Waals surface area contributed by atoms with Crippen LogP contribution in [0.15, 0.2) is 64.2 Å². The summed E-state index contributed by atoms with van der Waals surface area (Å²) < 4.78 is 2.07. The van der Waals surface area contributed by atoms with Crippen molar-refractivity contribution in [1.29, 1.82) is 0 Å². The summed E-state index contributed by atoms with van der Waals surface area (Å²) in [6.07, 6.45) is 10.5. The fraction of sp³-hybridized carbons (Fsp3) is 0.280. The molecule has 3 heterocycles. The quantitative estimate of drug-likeness (QED) is 0.177. The molecule has 0 aliphatic heterocycles. The Kier molecular flexibility index (Phi) is 7.32. The number of aromatic amines is 1. The molecule has 34 heavy (non-hydrogen) atoms. The Hall–Kier alpha value is -2.62. The Morgan fingerprint density at radius 2 is 2.00 bits per heavy atom. The van der Waals surface area contributed by atoms with Gasteiger partial charge >= 0.3 is 0 Å². The zero-order valence-corrected chi connectivity index (χ0v) is 21.1. The number of aryl methyl sites for hydroxylation is 2. The van der Waals surface area contributed by atoms with Gasteiger partial charge in [0.15, 0.2) is 10.3 Å². The summed E-state index contributed by atoms with van der Waals surface area (Å²) >= 11 is 4.80. The molecule has 6 nitrogen and oxygen atoms in total. The normalized spacial score (nSPS) is 13.5. The van der Waals surface area contributed by atoms with Crippen molar-refractivity contribution in [3.63, 3.8) is 0 Å². The summed E-state index contributed by atoms with van der Waals surface area (Å²) in [5, 5.41) is 11.1. The Morgan fingerprint density at radius 3 is 2.85 bits per heavy atom. The van der Waals surface area contributed by atoms with Gasteiger partial charge in [-0.15, -0.1) is 28.1 Å². The van der Waals surface area contributed by atoms with Crippen LogP contribution in [0.25, 0.3) is 16.3 Å². The first-order valence-electron chi connectivity index (χ1n) is 11.3. The van der Waals surface area contributed by atoms with E-state index in [2.05, 4.69) is 50.6 Å². The summed E-state index contributed by atoms with van der Waals surface area (Å²) in [5.41, 5.74) is 2.36. The molecular weight excluding hydrogens is 483 g/mol. The average Bonchev–Trinajstić information content (AvgIpc) is 3.42. The predicted molar refractivity (Wildman–Crippen MR) is 143 cm³/mol. The molecule has 174 valence electrons. The zero-order valence-electron chi connectivity index (χ0n) is 18.7. The van der Waals surface area contributed by atoms with Crippen molar-refractivity contribution in [2.45, 2.75) is 48.3 Å². The lowest BCUT2D eigenvalue weighted by atomic mass is 9.97. The highest BCUT2D eigenvalue weighted by molar-refractivity contribution is 7.99. The number of allylic oxidation sites excluding steroid dienone is 1. The lowest BCUT2D eigenvalue weighted by molar-refractivity contribution is 0.699. The summed E-state index contributed by atoms with van der Waals surface area (Å²) in [6.45, 7) is 4.52. The van der Waals surface area contributed by atoms with Crippen molar-refractivity contribution < 1.29 is 0 Å². The second-order valence-electron chi connectivity index (χ2n) is 7.97. The molecule has 0 bridgehead atoms. The van der Waals surface area contributed by atoms with Gasteiger partial charge in [0.1, 0.15) is 10.7 Å². The van der Waals surface area contributed by atoms with Gasteiger partial charge in [-0.3, -0.25) is 4.79 Å². The van der Waals surface area contributed by atoms with Crippen molar-refractivity contribution in [3.8, 4) is 0 Å². The standard InChI is InChI=1S/C25H25N5OS3/c1-2-14-30-20(28-29-25(30)32-15-8-11-17-9-4-3-5-10-17)16-33-24-26-22(31)21-18-12-6-7-13-19(18)34-23(21)27-24/h2-5,8-11H,1,6-7,12-16H2,(H,26,27,31)/b11-8+. The number of nitrogens with one attached hydrogen (secondary N) is 1. The van der Waals surface area contributed by atoms with E-state index in [1.54, 1.807) is 23.1 Å². The van der Waals surface area contributed by atoms with E-state index in [9.17, 15) is 4.79 Å². The van der Waals surface area contributed by atoms with Gasteiger partial charge in [-0.25, -0.2) is 4.98 Å². The minimum absolute atomic E-state index is 0.0269. The molecule has 9 heteroatoms. The van der Waals surface area contributed by atoms with E-state index < -0.39 is 0 Å². The van der Waals surface area contributed by atoms with Crippen LogP contribution in [-0.2, 0) is 25.1 Å². The van der Waals surface area contributed by atoms with Gasteiger partial charge in [-0.1, -0.05) is 72.1 Å². The van der Waals surface area contributed by atoms with E-state index in [-0.39, 0.29) is 5.56 Å². The lowest BCUT2D eigenvalue weighted by Crippen LogP contribution is -2.11. The Morgan fingerprint density at radius 1 is 1.15 bits per heavy atom. The summed E-state index contributed by atoms with van der Waals surface area (Å²) in [4.78, 5) is 22.7. The van der Waals surface area contributed by atoms with Crippen LogP contribution in [0.3, 0.4) is 0 Å². The number of rotatable bonds is 9. The Labute approximate surface area is 210 Å². The lowest BCUT2D eigenvalue weighted by Gasteiger charge is -2.09. The minimum Gasteiger partial charge on any atom is -0.301 e. The fourth-order valence-electron chi connectivity index (χ4n) is 4.06. The molecule has 1 aromatic carbocycles. The fourth-order valence-corrected chi connectivity index (χ4v) is 6.96. The Bertz CT molecular complexity index is 1390. The van der Waals surface area contributed by atoms with Gasteiger partial charge in [-0.2, -0.15) is 0 Å². The second-order valence-corrected chi connectivity index (χ2v) is 11.0. The van der Waals surface area contributed by atoms with E-state index in [0.29, 0.717) is 17.5 Å². The maximum atomic E-state index is 12.8. The first kappa shape index (κ1) is 23.1. The molecular formula is C25H25N5OS3. The highest BCUT2D eigenvalue weighted by Gasteiger charge is 2.20. The monoisotopic (exact) mass is 507 g/mol. The van der Waals surface area contributed by atoms with E-state index in [1.807, 2.05) is 24.3 Å². The average molecular weight is 508 g/mol. The van der Waals surface area contributed by atoms with E-state index >= 15 is 0 Å². The van der Waals surface area contributed by atoms with Gasteiger partial charge in [0.05, 0.1) is 11.1 Å². The van der Waals surface area contributed by atoms with Crippen molar-refractivity contribution >= 4 is 51.2 Å². The van der Waals surface area contributed by atoms with Crippen LogP contribution in [0.2, 0.25) is 0 Å². The third-order valence-electron chi connectivity index (χ3n) is 5.66. The summed E-state index contributed by atoms with van der Waals surface area (Å²) in [7, 11) is 0. The molecule has 1 aliphatic carbocycles. The van der Waals surface area contributed by atoms with Crippen LogP contribution in [0.4, 0.5) is 0 Å². The Balaban J connectivity index is 1.28. The molecule has 0 radical (unpaired) electrons. The third-order valence-corrected chi connectivity index (χ3v) is 8.64. The van der Waals surface area contributed by atoms with Crippen LogP contribution in [0.5, 0.6) is 0 Å². The smallest absolute Gasteiger partial charge is 0.260 e. The SMILES string of the molecule is C=CCn1c(CSc2nc3sc4c(c3c(=O)[nH]2)CCCC4)nnc1SC/C=C/c1ccccc1. The van der Waals surface area contributed by atoms with Crippen molar-refractivity contribution in [3.05, 3.63) is 81.2 Å². The highest BCUT2D eigenvalue weighted by Crippen LogP contribution is 2.34. The van der Waals surface area contributed by atoms with Crippen molar-refractivity contribution in [1.82, 2.24) is 24.7 Å². The van der Waals surface area contributed by atoms with E-state index in [4.69, 9.17) is 4.98 Å². The molecule has 3 aromatic heterocycles. The van der Waals surface area contributed by atoms with Crippen LogP contribution in [0.1, 0.15) is 34.7 Å². The first-order valence-corrected chi connectivity index (χ1v) is 14.1. The number of thioether (sulfide) groups is 2. The van der Waals surface area contributed by atoms with Gasteiger partial charge in [0.2, 0.25) is 0 Å². The number of thiophene rings is 1. The molecule has 4 aromatic rings. The topological polar surface area (TPSA) is 76.5 Å². The number of H-pyrrole nitrogens is 1. The molecule has 0 atom stereocenters. The molecule has 0 fully saturated rings. The van der Waals surface area contributed by atoms with Crippen molar-refractivity contribution in [2.24, 2.45) is 0 Å². The van der Waals surface area contributed by atoms with Crippen LogP contribution >= 0.6 is 34.9 Å². The summed E-state index contributed by atoms with van der Waals surface area (Å²) in [5.74, 6) is 2.21. The van der Waals surface area contributed by atoms with Gasteiger partial charge in [0.25, 0.3) is 5.56 Å².